The van der Waals surface area contributed by atoms with Gasteiger partial charge in [0.15, 0.2) is 5.82 Å². The third-order valence-corrected chi connectivity index (χ3v) is 8.42. The molecule has 0 spiro atoms. The Morgan fingerprint density at radius 1 is 1.23 bits per heavy atom. The van der Waals surface area contributed by atoms with E-state index in [4.69, 9.17) is 21.5 Å². The normalized spacial score (nSPS) is 15.6. The van der Waals surface area contributed by atoms with Gasteiger partial charge < -0.3 is 10.0 Å². The third kappa shape index (κ3) is 8.27. The predicted octanol–water partition coefficient (Wildman–Crippen LogP) is 5.29. The standard InChI is InChI=1S/C22H26ClN5O2S2.C2HF3O2/c1-16(17-6-4-3-5-7-17)28-10-8-18(9-11-28)27(2)22-20(23)12-19(13-24-22)32(29,30)26-21-14-31-15-25-21;3-2(4,5)1(6)7/h3-7,12-16,18,26H,8-11H2,1-2H3;(H,6,7)/t16-;/m1./s1. The number of rotatable bonds is 7. The smallest absolute Gasteiger partial charge is 0.475 e. The van der Waals surface area contributed by atoms with Gasteiger partial charge in [0, 0.05) is 43.8 Å². The fraction of sp³-hybridized carbons (Fsp3) is 0.375. The number of halogens is 4. The first kappa shape index (κ1) is 30.6. The van der Waals surface area contributed by atoms with E-state index in [0.29, 0.717) is 16.9 Å². The van der Waals surface area contributed by atoms with Crippen LogP contribution < -0.4 is 9.62 Å². The maximum Gasteiger partial charge on any atom is 0.490 e. The van der Waals surface area contributed by atoms with Crippen molar-refractivity contribution in [3.05, 3.63) is 64.1 Å². The zero-order chi connectivity index (χ0) is 28.8. The number of anilines is 2. The van der Waals surface area contributed by atoms with E-state index in [1.807, 2.05) is 13.1 Å². The van der Waals surface area contributed by atoms with Gasteiger partial charge in [-0.2, -0.15) is 13.2 Å². The Morgan fingerprint density at radius 2 is 1.85 bits per heavy atom. The van der Waals surface area contributed by atoms with E-state index in [1.54, 1.807) is 10.9 Å². The second-order valence-electron chi connectivity index (χ2n) is 8.72. The monoisotopic (exact) mass is 605 g/mol. The largest absolute Gasteiger partial charge is 0.490 e. The molecule has 4 rings (SSSR count). The molecule has 3 heterocycles. The van der Waals surface area contributed by atoms with E-state index in [-0.39, 0.29) is 16.8 Å². The number of pyridine rings is 1. The molecule has 3 aromatic rings. The molecule has 1 atom stereocenters. The molecule has 1 fully saturated rings. The van der Waals surface area contributed by atoms with Gasteiger partial charge in [-0.3, -0.25) is 9.62 Å². The number of nitrogens with one attached hydrogen (secondary N) is 1. The van der Waals surface area contributed by atoms with Crippen LogP contribution in [0, 0.1) is 0 Å². The Morgan fingerprint density at radius 3 is 2.36 bits per heavy atom. The molecular formula is C24H27ClF3N5O4S2. The Kier molecular flexibility index (Phi) is 10.2. The molecule has 2 N–H and O–H groups in total. The van der Waals surface area contributed by atoms with Crippen LogP contribution in [0.1, 0.15) is 31.4 Å². The highest BCUT2D eigenvalue weighted by Gasteiger charge is 2.38. The number of hydrogen-bond acceptors (Lipinski definition) is 8. The summed E-state index contributed by atoms with van der Waals surface area (Å²) in [7, 11) is -1.83. The van der Waals surface area contributed by atoms with Gasteiger partial charge in [0.1, 0.15) is 10.7 Å². The fourth-order valence-electron chi connectivity index (χ4n) is 4.05. The number of carbonyl (C=O) groups is 1. The number of carboxylic acid groups (broad SMARTS) is 1. The third-order valence-electron chi connectivity index (χ3n) is 6.23. The predicted molar refractivity (Wildman–Crippen MR) is 144 cm³/mol. The number of sulfonamides is 1. The highest BCUT2D eigenvalue weighted by atomic mass is 35.5. The lowest BCUT2D eigenvalue weighted by Crippen LogP contribution is -2.44. The van der Waals surface area contributed by atoms with Crippen molar-refractivity contribution < 1.29 is 31.5 Å². The first-order chi connectivity index (χ1) is 18.3. The summed E-state index contributed by atoms with van der Waals surface area (Å²) in [5.41, 5.74) is 2.89. The van der Waals surface area contributed by atoms with Gasteiger partial charge in [-0.1, -0.05) is 41.9 Å². The van der Waals surface area contributed by atoms with Crippen LogP contribution in [-0.4, -0.2) is 66.7 Å². The summed E-state index contributed by atoms with van der Waals surface area (Å²) < 4.78 is 59.3. The van der Waals surface area contributed by atoms with Crippen LogP contribution in [0.4, 0.5) is 24.8 Å². The summed E-state index contributed by atoms with van der Waals surface area (Å²) in [5.74, 6) is -1.88. The maximum atomic E-state index is 12.6. The number of benzene rings is 1. The van der Waals surface area contributed by atoms with Gasteiger partial charge in [-0.15, -0.1) is 11.3 Å². The van der Waals surface area contributed by atoms with Gasteiger partial charge in [0.25, 0.3) is 10.0 Å². The van der Waals surface area contributed by atoms with Gasteiger partial charge in [-0.25, -0.2) is 23.2 Å². The molecule has 1 aliphatic heterocycles. The van der Waals surface area contributed by atoms with Gasteiger partial charge >= 0.3 is 12.1 Å². The minimum absolute atomic E-state index is 0.0131. The van der Waals surface area contributed by atoms with Crippen LogP contribution in [-0.2, 0) is 14.8 Å². The van der Waals surface area contributed by atoms with Crippen molar-refractivity contribution in [1.82, 2.24) is 14.9 Å². The number of aromatic nitrogens is 2. The molecule has 1 aromatic carbocycles. The van der Waals surface area contributed by atoms with Crippen LogP contribution in [0.25, 0.3) is 0 Å². The lowest BCUT2D eigenvalue weighted by atomic mass is 9.99. The van der Waals surface area contributed by atoms with E-state index in [1.165, 1.54) is 29.2 Å². The summed E-state index contributed by atoms with van der Waals surface area (Å²) in [6.45, 7) is 4.20. The topological polar surface area (TPSA) is 116 Å². The van der Waals surface area contributed by atoms with Gasteiger partial charge in [0.05, 0.1) is 10.5 Å². The number of thiazole rings is 1. The molecule has 39 heavy (non-hydrogen) atoms. The van der Waals surface area contributed by atoms with Crippen LogP contribution >= 0.6 is 22.9 Å². The fourth-order valence-corrected chi connectivity index (χ4v) is 5.95. The zero-order valence-electron chi connectivity index (χ0n) is 21.0. The quantitative estimate of drug-likeness (QED) is 0.373. The Labute approximate surface area is 233 Å². The van der Waals surface area contributed by atoms with Crippen LogP contribution in [0.15, 0.2) is 58.4 Å². The lowest BCUT2D eigenvalue weighted by Gasteiger charge is -2.40. The number of piperidine rings is 1. The maximum absolute atomic E-state index is 12.6. The molecular weight excluding hydrogens is 579 g/mol. The molecule has 1 aliphatic rings. The van der Waals surface area contributed by atoms with Crippen molar-refractivity contribution in [2.75, 3.05) is 29.8 Å². The van der Waals surface area contributed by atoms with Gasteiger partial charge in [-0.05, 0) is 31.4 Å². The molecule has 0 aliphatic carbocycles. The molecule has 2 aromatic heterocycles. The molecule has 0 bridgehead atoms. The number of hydrogen-bond donors (Lipinski definition) is 2. The average Bonchev–Trinajstić information content (AvgIpc) is 3.40. The Hall–Kier alpha value is -2.94. The van der Waals surface area contributed by atoms with Crippen LogP contribution in [0.2, 0.25) is 5.02 Å². The molecule has 212 valence electrons. The van der Waals surface area contributed by atoms with E-state index >= 15 is 0 Å². The number of alkyl halides is 3. The summed E-state index contributed by atoms with van der Waals surface area (Å²) in [6.07, 6.45) is -1.77. The van der Waals surface area contributed by atoms with Crippen molar-refractivity contribution in [2.45, 2.75) is 42.9 Å². The number of carboxylic acids is 1. The zero-order valence-corrected chi connectivity index (χ0v) is 23.4. The van der Waals surface area contributed by atoms with E-state index in [2.05, 4.69) is 55.7 Å². The second kappa shape index (κ2) is 12.9. The number of aliphatic carboxylic acids is 1. The molecule has 0 unspecified atom stereocenters. The van der Waals surface area contributed by atoms with Crippen molar-refractivity contribution in [3.8, 4) is 0 Å². The van der Waals surface area contributed by atoms with Crippen LogP contribution in [0.5, 0.6) is 0 Å². The molecule has 1 saturated heterocycles. The Bertz CT molecular complexity index is 1340. The highest BCUT2D eigenvalue weighted by molar-refractivity contribution is 7.92. The molecule has 9 nitrogen and oxygen atoms in total. The highest BCUT2D eigenvalue weighted by Crippen LogP contribution is 2.31. The minimum Gasteiger partial charge on any atom is -0.475 e. The molecule has 0 saturated carbocycles. The first-order valence-electron chi connectivity index (χ1n) is 11.7. The lowest BCUT2D eigenvalue weighted by molar-refractivity contribution is -0.192. The number of likely N-dealkylation sites (tertiary alicyclic amines) is 1. The van der Waals surface area contributed by atoms with Crippen LogP contribution in [0.3, 0.4) is 0 Å². The van der Waals surface area contributed by atoms with E-state index in [9.17, 15) is 21.6 Å². The van der Waals surface area contributed by atoms with Gasteiger partial charge in [0.2, 0.25) is 0 Å². The second-order valence-corrected chi connectivity index (χ2v) is 11.5. The summed E-state index contributed by atoms with van der Waals surface area (Å²) >= 11 is 7.78. The van der Waals surface area contributed by atoms with Crippen molar-refractivity contribution in [3.63, 3.8) is 0 Å². The Balaban J connectivity index is 0.000000532. The number of nitrogens with zero attached hydrogens (tertiary/aromatic N) is 4. The summed E-state index contributed by atoms with van der Waals surface area (Å²) in [4.78, 5) is 21.8. The molecule has 0 amide bonds. The van der Waals surface area contributed by atoms with Crippen molar-refractivity contribution >= 4 is 50.6 Å². The average molecular weight is 606 g/mol. The molecule has 0 radical (unpaired) electrons. The first-order valence-corrected chi connectivity index (χ1v) is 14.5. The minimum atomic E-state index is -5.08. The summed E-state index contributed by atoms with van der Waals surface area (Å²) in [6, 6.07) is 12.7. The SMILES string of the molecule is C[C@H](c1ccccc1)N1CCC(N(C)c2ncc(S(=O)(=O)Nc3cscn3)cc2Cl)CC1.O=C(O)C(F)(F)F. The van der Waals surface area contributed by atoms with E-state index in [0.717, 1.165) is 25.9 Å². The summed E-state index contributed by atoms with van der Waals surface area (Å²) in [5, 5.41) is 9.06. The van der Waals surface area contributed by atoms with Crippen molar-refractivity contribution in [2.24, 2.45) is 0 Å². The van der Waals surface area contributed by atoms with E-state index < -0.39 is 22.2 Å². The molecule has 15 heteroatoms. The van der Waals surface area contributed by atoms with Crippen molar-refractivity contribution in [1.29, 1.82) is 0 Å².